The van der Waals surface area contributed by atoms with Crippen molar-refractivity contribution in [2.75, 3.05) is 12.8 Å². The Kier molecular flexibility index (Phi) is 3.79. The summed E-state index contributed by atoms with van der Waals surface area (Å²) in [6, 6.07) is 7.76. The number of nitrogens with two attached hydrogens (primary N) is 1. The second-order valence-electron chi connectivity index (χ2n) is 5.04. The third kappa shape index (κ3) is 2.43. The molecule has 0 aliphatic rings. The lowest BCUT2D eigenvalue weighted by Crippen LogP contribution is -2.04. The molecule has 1 aromatic carbocycles. The van der Waals surface area contributed by atoms with E-state index in [2.05, 4.69) is 25.9 Å². The first-order valence-corrected chi connectivity index (χ1v) is 6.44. The molecule has 1 atom stereocenters. The van der Waals surface area contributed by atoms with Crippen LogP contribution in [0.4, 0.5) is 5.88 Å². The van der Waals surface area contributed by atoms with Gasteiger partial charge in [-0.3, -0.25) is 0 Å². The molecule has 2 N–H and O–H groups in total. The fourth-order valence-electron chi connectivity index (χ4n) is 2.06. The fourth-order valence-corrected chi connectivity index (χ4v) is 2.06. The number of benzene rings is 1. The number of para-hydroxylation sites is 1. The molecule has 0 saturated heterocycles. The van der Waals surface area contributed by atoms with Crippen LogP contribution in [0, 0.1) is 5.92 Å². The summed E-state index contributed by atoms with van der Waals surface area (Å²) >= 11 is 0. The number of hydrogen-bond acceptors (Lipinski definition) is 4. The lowest BCUT2D eigenvalue weighted by molar-refractivity contribution is 0.407. The Morgan fingerprint density at radius 1 is 1.21 bits per heavy atom. The second-order valence-corrected chi connectivity index (χ2v) is 5.04. The van der Waals surface area contributed by atoms with Crippen LogP contribution >= 0.6 is 0 Å². The van der Waals surface area contributed by atoms with Crippen molar-refractivity contribution in [3.63, 3.8) is 0 Å². The van der Waals surface area contributed by atoms with Crippen LogP contribution in [0.1, 0.15) is 32.4 Å². The largest absolute Gasteiger partial charge is 0.496 e. The average Bonchev–Trinajstić information content (AvgIpc) is 2.79. The number of hydrogen-bond donors (Lipinski definition) is 1. The van der Waals surface area contributed by atoms with Gasteiger partial charge in [0.1, 0.15) is 5.75 Å². The van der Waals surface area contributed by atoms with Gasteiger partial charge >= 0.3 is 0 Å². The average molecular weight is 260 g/mol. The minimum atomic E-state index is 0.265. The van der Waals surface area contributed by atoms with Gasteiger partial charge in [-0.1, -0.05) is 44.1 Å². The molecule has 1 unspecified atom stereocenters. The predicted molar refractivity (Wildman–Crippen MR) is 76.2 cm³/mol. The molecule has 102 valence electrons. The Hall–Kier alpha value is -1.97. The number of rotatable bonds is 4. The van der Waals surface area contributed by atoms with E-state index in [-0.39, 0.29) is 5.92 Å². The fraction of sp³-hybridized carbons (Fsp3) is 0.400. The molecule has 0 saturated carbocycles. The van der Waals surface area contributed by atoms with Crippen LogP contribution in [0.15, 0.2) is 28.8 Å². The van der Waals surface area contributed by atoms with Gasteiger partial charge in [0.15, 0.2) is 0 Å². The molecule has 0 aliphatic carbocycles. The first-order chi connectivity index (χ1) is 9.06. The van der Waals surface area contributed by atoms with Gasteiger partial charge in [0.2, 0.25) is 5.88 Å². The SMILES string of the molecule is COc1ccccc1-c1c(C(C)C(C)C)noc1N. The lowest BCUT2D eigenvalue weighted by Gasteiger charge is -2.15. The maximum Gasteiger partial charge on any atom is 0.230 e. The summed E-state index contributed by atoms with van der Waals surface area (Å²) in [4.78, 5) is 0. The van der Waals surface area contributed by atoms with Crippen LogP contribution in [0.2, 0.25) is 0 Å². The van der Waals surface area contributed by atoms with Gasteiger partial charge in [-0.25, -0.2) is 0 Å². The molecule has 4 heteroatoms. The molecule has 0 aliphatic heterocycles. The number of ether oxygens (including phenoxy) is 1. The van der Waals surface area contributed by atoms with Gasteiger partial charge in [0, 0.05) is 11.5 Å². The number of anilines is 1. The maximum absolute atomic E-state index is 5.95. The minimum Gasteiger partial charge on any atom is -0.496 e. The third-order valence-electron chi connectivity index (χ3n) is 3.55. The Morgan fingerprint density at radius 3 is 2.53 bits per heavy atom. The van der Waals surface area contributed by atoms with Crippen LogP contribution in [0.5, 0.6) is 5.75 Å². The molecule has 0 fully saturated rings. The van der Waals surface area contributed by atoms with E-state index in [1.165, 1.54) is 0 Å². The Balaban J connectivity index is 2.59. The standard InChI is InChI=1S/C15H20N2O2/c1-9(2)10(3)14-13(15(16)19-17-14)11-7-5-6-8-12(11)18-4/h5-10H,16H2,1-4H3. The van der Waals surface area contributed by atoms with E-state index in [4.69, 9.17) is 15.0 Å². The summed E-state index contributed by atoms with van der Waals surface area (Å²) in [5, 5.41) is 4.13. The van der Waals surface area contributed by atoms with E-state index in [0.29, 0.717) is 11.8 Å². The van der Waals surface area contributed by atoms with Crippen molar-refractivity contribution in [2.24, 2.45) is 5.92 Å². The highest BCUT2D eigenvalue weighted by Crippen LogP contribution is 2.40. The van der Waals surface area contributed by atoms with Gasteiger partial charge in [-0.15, -0.1) is 0 Å². The maximum atomic E-state index is 5.95. The molecule has 4 nitrogen and oxygen atoms in total. The smallest absolute Gasteiger partial charge is 0.230 e. The highest BCUT2D eigenvalue weighted by atomic mass is 16.5. The number of nitrogens with zero attached hydrogens (tertiary/aromatic N) is 1. The number of methoxy groups -OCH3 is 1. The molecule has 2 rings (SSSR count). The van der Waals surface area contributed by atoms with Gasteiger partial charge < -0.3 is 15.0 Å². The molecule has 0 amide bonds. The van der Waals surface area contributed by atoms with Gasteiger partial charge in [-0.05, 0) is 12.0 Å². The van der Waals surface area contributed by atoms with Crippen LogP contribution < -0.4 is 10.5 Å². The van der Waals surface area contributed by atoms with Crippen molar-refractivity contribution in [1.82, 2.24) is 5.16 Å². The zero-order valence-electron chi connectivity index (χ0n) is 11.8. The van der Waals surface area contributed by atoms with E-state index < -0.39 is 0 Å². The summed E-state index contributed by atoms with van der Waals surface area (Å²) in [6.07, 6.45) is 0. The summed E-state index contributed by atoms with van der Waals surface area (Å²) in [7, 11) is 1.65. The molecule has 0 spiro atoms. The molecule has 0 radical (unpaired) electrons. The normalized spacial score (nSPS) is 12.7. The quantitative estimate of drug-likeness (QED) is 0.910. The first kappa shape index (κ1) is 13.5. The summed E-state index contributed by atoms with van der Waals surface area (Å²) < 4.78 is 10.6. The van der Waals surface area contributed by atoms with Gasteiger partial charge in [0.05, 0.1) is 18.4 Å². The second kappa shape index (κ2) is 5.34. The monoisotopic (exact) mass is 260 g/mol. The Labute approximate surface area is 113 Å². The predicted octanol–water partition coefficient (Wildman–Crippen LogP) is 3.69. The van der Waals surface area contributed by atoms with Crippen molar-refractivity contribution in [1.29, 1.82) is 0 Å². The summed E-state index contributed by atoms with van der Waals surface area (Å²) in [5.41, 5.74) is 8.60. The lowest BCUT2D eigenvalue weighted by atomic mass is 9.90. The zero-order chi connectivity index (χ0) is 14.0. The van der Waals surface area contributed by atoms with Crippen LogP contribution in [0.3, 0.4) is 0 Å². The topological polar surface area (TPSA) is 61.3 Å². The molecular formula is C15H20N2O2. The highest BCUT2D eigenvalue weighted by molar-refractivity contribution is 5.80. The van der Waals surface area contributed by atoms with Crippen LogP contribution in [-0.2, 0) is 0 Å². The summed E-state index contributed by atoms with van der Waals surface area (Å²) in [6.45, 7) is 6.43. The molecule has 1 heterocycles. The van der Waals surface area contributed by atoms with Gasteiger partial charge in [0.25, 0.3) is 0 Å². The molecule has 1 aromatic heterocycles. The van der Waals surface area contributed by atoms with Gasteiger partial charge in [-0.2, -0.15) is 0 Å². The Bertz CT molecular complexity index is 561. The first-order valence-electron chi connectivity index (χ1n) is 6.44. The molecule has 19 heavy (non-hydrogen) atoms. The van der Waals surface area contributed by atoms with E-state index >= 15 is 0 Å². The van der Waals surface area contributed by atoms with Crippen LogP contribution in [0.25, 0.3) is 11.1 Å². The third-order valence-corrected chi connectivity index (χ3v) is 3.55. The molecule has 2 aromatic rings. The van der Waals surface area contributed by atoms with E-state index in [0.717, 1.165) is 22.6 Å². The van der Waals surface area contributed by atoms with Crippen molar-refractivity contribution >= 4 is 5.88 Å². The number of aromatic nitrogens is 1. The van der Waals surface area contributed by atoms with Crippen molar-refractivity contribution in [3.05, 3.63) is 30.0 Å². The van der Waals surface area contributed by atoms with E-state index in [1.807, 2.05) is 24.3 Å². The van der Waals surface area contributed by atoms with Crippen molar-refractivity contribution in [2.45, 2.75) is 26.7 Å². The van der Waals surface area contributed by atoms with Crippen molar-refractivity contribution < 1.29 is 9.26 Å². The Morgan fingerprint density at radius 2 is 1.89 bits per heavy atom. The van der Waals surface area contributed by atoms with Crippen molar-refractivity contribution in [3.8, 4) is 16.9 Å². The minimum absolute atomic E-state index is 0.265. The highest BCUT2D eigenvalue weighted by Gasteiger charge is 2.24. The number of nitrogen functional groups attached to an aromatic ring is 1. The summed E-state index contributed by atoms with van der Waals surface area (Å²) in [5.74, 6) is 1.83. The zero-order valence-corrected chi connectivity index (χ0v) is 11.8. The van der Waals surface area contributed by atoms with E-state index in [9.17, 15) is 0 Å². The molecular weight excluding hydrogens is 240 g/mol. The molecule has 0 bridgehead atoms. The van der Waals surface area contributed by atoms with Crippen LogP contribution in [-0.4, -0.2) is 12.3 Å². The van der Waals surface area contributed by atoms with E-state index in [1.54, 1.807) is 7.11 Å².